The molecule has 0 amide bonds. The van der Waals surface area contributed by atoms with Gasteiger partial charge in [0.05, 0.1) is 5.56 Å². The second-order valence-electron chi connectivity index (χ2n) is 9.81. The fourth-order valence-electron chi connectivity index (χ4n) is 5.43. The Labute approximate surface area is 226 Å². The monoisotopic (exact) mass is 528 g/mol. The zero-order valence-corrected chi connectivity index (χ0v) is 21.5. The Balaban J connectivity index is 0.000000567. The van der Waals surface area contributed by atoms with Crippen molar-refractivity contribution in [2.24, 2.45) is 0 Å². The molecule has 6 rings (SSSR count). The van der Waals surface area contributed by atoms with E-state index in [0.717, 1.165) is 22.5 Å². The molecule has 1 heterocycles. The van der Waals surface area contributed by atoms with Crippen molar-refractivity contribution in [3.63, 3.8) is 0 Å². The highest BCUT2D eigenvalue weighted by molar-refractivity contribution is 6.50. The van der Waals surface area contributed by atoms with Crippen LogP contribution in [0, 0.1) is 0 Å². The lowest BCUT2D eigenvalue weighted by Gasteiger charge is -2.21. The van der Waals surface area contributed by atoms with Crippen LogP contribution in [-0.2, 0) is 0 Å². The Morgan fingerprint density at radius 3 is 1.77 bits per heavy atom. The van der Waals surface area contributed by atoms with E-state index in [1.165, 1.54) is 54.2 Å². The average Bonchev–Trinajstić information content (AvgIpc) is 2.97. The molecule has 0 spiro atoms. The summed E-state index contributed by atoms with van der Waals surface area (Å²) in [5.74, 6) is 0.700. The fourth-order valence-corrected chi connectivity index (χ4v) is 5.43. The van der Waals surface area contributed by atoms with E-state index < -0.39 is 7.25 Å². The predicted octanol–water partition coefficient (Wildman–Crippen LogP) is 9.19. The average molecular weight is 528 g/mol. The van der Waals surface area contributed by atoms with Crippen LogP contribution in [0.4, 0.5) is 17.3 Å². The molecule has 1 fully saturated rings. The molecule has 0 bridgehead atoms. The third-order valence-corrected chi connectivity index (χ3v) is 7.15. The quantitative estimate of drug-likeness (QED) is 0.129. The molecule has 0 aliphatic heterocycles. The van der Waals surface area contributed by atoms with Crippen LogP contribution in [-0.4, -0.2) is 12.4 Å². The summed E-state index contributed by atoms with van der Waals surface area (Å²) in [5, 5.41) is 6.34. The SMILES string of the molecule is F[B-](F)(F)F.c1ccc(-c2c(-c3ccccc3)[n+](-c3ccc(C4CCCCC4)cc3)nc3ccccc23)cc1. The van der Waals surface area contributed by atoms with Crippen molar-refractivity contribution in [1.29, 1.82) is 0 Å². The van der Waals surface area contributed by atoms with Crippen LogP contribution in [0.15, 0.2) is 109 Å². The van der Waals surface area contributed by atoms with Crippen molar-refractivity contribution < 1.29 is 21.9 Å². The molecule has 0 radical (unpaired) electrons. The van der Waals surface area contributed by atoms with Gasteiger partial charge in [0.15, 0.2) is 0 Å². The van der Waals surface area contributed by atoms with Crippen molar-refractivity contribution >= 4 is 18.2 Å². The maximum atomic E-state index is 9.75. The van der Waals surface area contributed by atoms with Gasteiger partial charge in [-0.15, -0.1) is 0 Å². The van der Waals surface area contributed by atoms with Crippen molar-refractivity contribution in [1.82, 2.24) is 5.10 Å². The Hall–Kier alpha value is -4.00. The summed E-state index contributed by atoms with van der Waals surface area (Å²) in [5.41, 5.74) is 8.27. The first-order valence-electron chi connectivity index (χ1n) is 13.3. The van der Waals surface area contributed by atoms with Gasteiger partial charge in [-0.05, 0) is 52.8 Å². The molecule has 2 nitrogen and oxygen atoms in total. The standard InChI is InChI=1S/C32H29N2.BF4/c1-4-12-24(13-5-1)25-20-22-28(23-21-25)34-32(27-16-8-3-9-17-27)31(26-14-6-2-7-15-26)29-18-10-11-19-30(29)33-34;2-1(3,4)5/h2-3,6-11,14-24H,1,4-5,12-13H2;/q+1;-1. The number of aromatic nitrogens is 2. The predicted molar refractivity (Wildman–Crippen MR) is 150 cm³/mol. The van der Waals surface area contributed by atoms with E-state index in [0.29, 0.717) is 5.92 Å². The van der Waals surface area contributed by atoms with Crippen molar-refractivity contribution in [2.45, 2.75) is 38.0 Å². The summed E-state index contributed by atoms with van der Waals surface area (Å²) < 4.78 is 41.1. The molecule has 7 heteroatoms. The number of hydrogen-bond donors (Lipinski definition) is 0. The minimum atomic E-state index is -6.00. The number of halogens is 4. The maximum Gasteiger partial charge on any atom is 0.673 e. The fraction of sp³-hybridized carbons (Fsp3) is 0.188. The Morgan fingerprint density at radius 1 is 0.615 bits per heavy atom. The molecule has 0 saturated heterocycles. The van der Waals surface area contributed by atoms with Gasteiger partial charge in [0.1, 0.15) is 5.52 Å². The van der Waals surface area contributed by atoms with E-state index in [1.54, 1.807) is 0 Å². The molecule has 0 atom stereocenters. The van der Waals surface area contributed by atoms with Gasteiger partial charge in [0.2, 0.25) is 5.69 Å². The lowest BCUT2D eigenvalue weighted by atomic mass is 9.84. The number of benzene rings is 4. The Kier molecular flexibility index (Phi) is 8.06. The smallest absolute Gasteiger partial charge is 0.418 e. The molecule has 1 saturated carbocycles. The number of hydrogen-bond acceptors (Lipinski definition) is 1. The van der Waals surface area contributed by atoms with E-state index in [9.17, 15) is 17.3 Å². The second-order valence-corrected chi connectivity index (χ2v) is 9.81. The van der Waals surface area contributed by atoms with E-state index in [1.807, 2.05) is 0 Å². The molecule has 0 unspecified atom stereocenters. The lowest BCUT2D eigenvalue weighted by Crippen LogP contribution is -2.38. The Morgan fingerprint density at radius 2 is 1.15 bits per heavy atom. The molecule has 0 N–H and O–H groups in total. The topological polar surface area (TPSA) is 16.8 Å². The summed E-state index contributed by atoms with van der Waals surface area (Å²) in [6, 6.07) is 39.0. The van der Waals surface area contributed by atoms with Crippen molar-refractivity contribution in [3.05, 3.63) is 115 Å². The first kappa shape index (κ1) is 26.6. The first-order valence-corrected chi connectivity index (χ1v) is 13.3. The molecular weight excluding hydrogens is 499 g/mol. The number of rotatable bonds is 4. The van der Waals surface area contributed by atoms with E-state index >= 15 is 0 Å². The van der Waals surface area contributed by atoms with Gasteiger partial charge in [0.25, 0.3) is 5.69 Å². The Bertz CT molecular complexity index is 1510. The summed E-state index contributed by atoms with van der Waals surface area (Å²) in [6.45, 7) is 0. The number of nitrogens with zero attached hydrogens (tertiary/aromatic N) is 2. The zero-order valence-electron chi connectivity index (χ0n) is 21.5. The molecule has 1 aromatic heterocycles. The van der Waals surface area contributed by atoms with Crippen LogP contribution >= 0.6 is 0 Å². The van der Waals surface area contributed by atoms with Gasteiger partial charge in [0, 0.05) is 28.2 Å². The summed E-state index contributed by atoms with van der Waals surface area (Å²) >= 11 is 0. The van der Waals surface area contributed by atoms with Crippen molar-refractivity contribution in [3.8, 4) is 28.1 Å². The summed E-state index contributed by atoms with van der Waals surface area (Å²) in [4.78, 5) is 0. The minimum absolute atomic E-state index is 0.700. The largest absolute Gasteiger partial charge is 0.673 e. The highest BCUT2D eigenvalue weighted by atomic mass is 19.5. The van der Waals surface area contributed by atoms with E-state index in [2.05, 4.69) is 114 Å². The van der Waals surface area contributed by atoms with Crippen LogP contribution in [0.25, 0.3) is 39.0 Å². The van der Waals surface area contributed by atoms with E-state index in [-0.39, 0.29) is 0 Å². The first-order chi connectivity index (χ1) is 18.9. The molecule has 1 aliphatic rings. The van der Waals surface area contributed by atoms with Crippen LogP contribution in [0.5, 0.6) is 0 Å². The van der Waals surface area contributed by atoms with Gasteiger partial charge >= 0.3 is 7.25 Å². The third-order valence-electron chi connectivity index (χ3n) is 7.15. The number of fused-ring (bicyclic) bond motifs is 1. The van der Waals surface area contributed by atoms with Crippen LogP contribution in [0.3, 0.4) is 0 Å². The zero-order chi connectivity index (χ0) is 27.2. The van der Waals surface area contributed by atoms with Gasteiger partial charge < -0.3 is 17.3 Å². The van der Waals surface area contributed by atoms with Gasteiger partial charge in [-0.1, -0.05) is 98.1 Å². The van der Waals surface area contributed by atoms with Gasteiger partial charge in [-0.3, -0.25) is 0 Å². The molecular formula is C32H29BF4N2. The summed E-state index contributed by atoms with van der Waals surface area (Å²) in [7, 11) is -6.00. The summed E-state index contributed by atoms with van der Waals surface area (Å²) in [6.07, 6.45) is 6.72. The van der Waals surface area contributed by atoms with Crippen LogP contribution in [0.2, 0.25) is 0 Å². The molecule has 1 aliphatic carbocycles. The normalized spacial score (nSPS) is 14.1. The van der Waals surface area contributed by atoms with Gasteiger partial charge in [-0.2, -0.15) is 0 Å². The third kappa shape index (κ3) is 6.54. The maximum absolute atomic E-state index is 9.75. The van der Waals surface area contributed by atoms with E-state index in [4.69, 9.17) is 5.10 Å². The molecule has 39 heavy (non-hydrogen) atoms. The van der Waals surface area contributed by atoms with Crippen molar-refractivity contribution in [2.75, 3.05) is 0 Å². The van der Waals surface area contributed by atoms with Crippen LogP contribution in [0.1, 0.15) is 43.6 Å². The highest BCUT2D eigenvalue weighted by Crippen LogP contribution is 2.36. The second kappa shape index (κ2) is 11.8. The van der Waals surface area contributed by atoms with Gasteiger partial charge in [-0.25, -0.2) is 0 Å². The molecule has 4 aromatic carbocycles. The molecule has 5 aromatic rings. The molecule has 198 valence electrons. The van der Waals surface area contributed by atoms with Crippen LogP contribution < -0.4 is 4.68 Å². The lowest BCUT2D eigenvalue weighted by molar-refractivity contribution is -0.645. The highest BCUT2D eigenvalue weighted by Gasteiger charge is 2.27. The minimum Gasteiger partial charge on any atom is -0.418 e.